The van der Waals surface area contributed by atoms with Gasteiger partial charge in [0, 0.05) is 6.04 Å². The Morgan fingerprint density at radius 2 is 1.88 bits per heavy atom. The fourth-order valence-corrected chi connectivity index (χ4v) is 2.76. The van der Waals surface area contributed by atoms with Crippen molar-refractivity contribution >= 4 is 34.2 Å². The van der Waals surface area contributed by atoms with Gasteiger partial charge >= 0.3 is 0 Å². The Labute approximate surface area is 156 Å². The van der Waals surface area contributed by atoms with E-state index in [1.54, 1.807) is 12.1 Å². The fourth-order valence-electron chi connectivity index (χ4n) is 2.33. The van der Waals surface area contributed by atoms with Gasteiger partial charge in [0.2, 0.25) is 5.91 Å². The standard InChI is InChI=1S/C18H20BrFN2O.ClH/c1-11-3-6-14(7-4-11)17(21)18(23)22-12(2)9-13-5-8-16(20)15(19)10-13;/h3-8,10,12,17H,9,21H2,1-2H3,(H,22,23);1H. The minimum absolute atomic E-state index is 0. The van der Waals surface area contributed by atoms with E-state index >= 15 is 0 Å². The zero-order valence-corrected chi connectivity index (χ0v) is 16.0. The van der Waals surface area contributed by atoms with Crippen LogP contribution in [0.5, 0.6) is 0 Å². The van der Waals surface area contributed by atoms with E-state index in [2.05, 4.69) is 21.2 Å². The van der Waals surface area contributed by atoms with Crippen LogP contribution in [-0.2, 0) is 11.2 Å². The Bertz CT molecular complexity index is 694. The van der Waals surface area contributed by atoms with E-state index < -0.39 is 6.04 Å². The van der Waals surface area contributed by atoms with E-state index in [-0.39, 0.29) is 30.2 Å². The summed E-state index contributed by atoms with van der Waals surface area (Å²) < 4.78 is 13.7. The lowest BCUT2D eigenvalue weighted by molar-refractivity contribution is -0.123. The van der Waals surface area contributed by atoms with Crippen LogP contribution in [0, 0.1) is 12.7 Å². The highest BCUT2D eigenvalue weighted by atomic mass is 79.9. The number of halogens is 3. The normalized spacial score (nSPS) is 12.9. The Kier molecular flexibility index (Phi) is 7.87. The van der Waals surface area contributed by atoms with Crippen LogP contribution in [0.25, 0.3) is 0 Å². The quantitative estimate of drug-likeness (QED) is 0.773. The lowest BCUT2D eigenvalue weighted by atomic mass is 10.0. The molecular weight excluding hydrogens is 395 g/mol. The molecule has 2 rings (SSSR count). The predicted molar refractivity (Wildman–Crippen MR) is 101 cm³/mol. The maximum atomic E-state index is 13.2. The summed E-state index contributed by atoms with van der Waals surface area (Å²) in [7, 11) is 0. The minimum atomic E-state index is -0.696. The summed E-state index contributed by atoms with van der Waals surface area (Å²) in [5.74, 6) is -0.519. The summed E-state index contributed by atoms with van der Waals surface area (Å²) in [5.41, 5.74) is 8.85. The summed E-state index contributed by atoms with van der Waals surface area (Å²) in [6.07, 6.45) is 0.602. The molecule has 2 aromatic rings. The number of amides is 1. The van der Waals surface area contributed by atoms with E-state index in [1.165, 1.54) is 6.07 Å². The number of nitrogens with one attached hydrogen (secondary N) is 1. The second-order valence-electron chi connectivity index (χ2n) is 5.75. The van der Waals surface area contributed by atoms with Crippen LogP contribution < -0.4 is 11.1 Å². The molecule has 0 fully saturated rings. The Balaban J connectivity index is 0.00000288. The van der Waals surface area contributed by atoms with E-state index in [0.29, 0.717) is 10.9 Å². The molecular formula is C18H21BrClFN2O. The molecule has 0 radical (unpaired) electrons. The zero-order chi connectivity index (χ0) is 17.0. The molecule has 0 heterocycles. The summed E-state index contributed by atoms with van der Waals surface area (Å²) in [6, 6.07) is 11.6. The van der Waals surface area contributed by atoms with Crippen molar-refractivity contribution in [3.8, 4) is 0 Å². The van der Waals surface area contributed by atoms with Crippen LogP contribution in [-0.4, -0.2) is 11.9 Å². The second-order valence-corrected chi connectivity index (χ2v) is 6.60. The topological polar surface area (TPSA) is 55.1 Å². The highest BCUT2D eigenvalue weighted by molar-refractivity contribution is 9.10. The molecule has 0 aliphatic carbocycles. The molecule has 2 unspecified atom stereocenters. The number of carbonyl (C=O) groups excluding carboxylic acids is 1. The monoisotopic (exact) mass is 414 g/mol. The van der Waals surface area contributed by atoms with Gasteiger partial charge in [-0.25, -0.2) is 4.39 Å². The molecule has 0 saturated carbocycles. The van der Waals surface area contributed by atoms with Crippen molar-refractivity contribution in [1.29, 1.82) is 0 Å². The van der Waals surface area contributed by atoms with Crippen LogP contribution in [0.15, 0.2) is 46.9 Å². The first-order valence-electron chi connectivity index (χ1n) is 7.43. The molecule has 0 spiro atoms. The number of aryl methyl sites for hydroxylation is 1. The smallest absolute Gasteiger partial charge is 0.241 e. The Morgan fingerprint density at radius 3 is 2.46 bits per heavy atom. The maximum Gasteiger partial charge on any atom is 0.241 e. The average molecular weight is 416 g/mol. The molecule has 3 N–H and O–H groups in total. The van der Waals surface area contributed by atoms with Gasteiger partial charge < -0.3 is 11.1 Å². The average Bonchev–Trinajstić information content (AvgIpc) is 2.51. The van der Waals surface area contributed by atoms with Gasteiger partial charge in [-0.15, -0.1) is 12.4 Å². The number of hydrogen-bond donors (Lipinski definition) is 2. The zero-order valence-electron chi connectivity index (χ0n) is 13.6. The summed E-state index contributed by atoms with van der Waals surface area (Å²) in [5, 5.41) is 2.90. The molecule has 24 heavy (non-hydrogen) atoms. The number of benzene rings is 2. The second kappa shape index (κ2) is 9.16. The summed E-state index contributed by atoms with van der Waals surface area (Å²) in [6.45, 7) is 3.88. The van der Waals surface area contributed by atoms with E-state index in [4.69, 9.17) is 5.73 Å². The SMILES string of the molecule is Cc1ccc(C(N)C(=O)NC(C)Cc2ccc(F)c(Br)c2)cc1.Cl. The Hall–Kier alpha value is -1.43. The lowest BCUT2D eigenvalue weighted by Gasteiger charge is -2.18. The van der Waals surface area contributed by atoms with Crippen LogP contribution in [0.1, 0.15) is 29.7 Å². The van der Waals surface area contributed by atoms with E-state index in [9.17, 15) is 9.18 Å². The molecule has 0 bridgehead atoms. The molecule has 0 saturated heterocycles. The first-order valence-corrected chi connectivity index (χ1v) is 8.22. The van der Waals surface area contributed by atoms with Crippen molar-refractivity contribution in [2.75, 3.05) is 0 Å². The van der Waals surface area contributed by atoms with Crippen molar-refractivity contribution in [3.05, 3.63) is 69.4 Å². The third-order valence-electron chi connectivity index (χ3n) is 3.63. The Morgan fingerprint density at radius 1 is 1.25 bits per heavy atom. The van der Waals surface area contributed by atoms with Crippen molar-refractivity contribution in [2.45, 2.75) is 32.4 Å². The van der Waals surface area contributed by atoms with E-state index in [1.807, 2.05) is 38.1 Å². The molecule has 0 aliphatic heterocycles. The summed E-state index contributed by atoms with van der Waals surface area (Å²) >= 11 is 3.16. The van der Waals surface area contributed by atoms with Gasteiger partial charge in [-0.3, -0.25) is 4.79 Å². The first-order chi connectivity index (χ1) is 10.9. The van der Waals surface area contributed by atoms with Gasteiger partial charge in [0.15, 0.2) is 0 Å². The first kappa shape index (κ1) is 20.6. The van der Waals surface area contributed by atoms with Crippen molar-refractivity contribution < 1.29 is 9.18 Å². The largest absolute Gasteiger partial charge is 0.352 e. The molecule has 6 heteroatoms. The molecule has 2 aromatic carbocycles. The molecule has 0 aromatic heterocycles. The third-order valence-corrected chi connectivity index (χ3v) is 4.24. The van der Waals surface area contributed by atoms with Gasteiger partial charge in [-0.1, -0.05) is 35.9 Å². The number of rotatable bonds is 5. The van der Waals surface area contributed by atoms with Crippen molar-refractivity contribution in [3.63, 3.8) is 0 Å². The molecule has 2 atom stereocenters. The lowest BCUT2D eigenvalue weighted by Crippen LogP contribution is -2.40. The van der Waals surface area contributed by atoms with Gasteiger partial charge in [0.25, 0.3) is 0 Å². The molecule has 0 aliphatic rings. The van der Waals surface area contributed by atoms with Crippen LogP contribution >= 0.6 is 28.3 Å². The van der Waals surface area contributed by atoms with E-state index in [0.717, 1.165) is 16.7 Å². The van der Waals surface area contributed by atoms with Crippen molar-refractivity contribution in [2.24, 2.45) is 5.73 Å². The molecule has 3 nitrogen and oxygen atoms in total. The van der Waals surface area contributed by atoms with Crippen LogP contribution in [0.4, 0.5) is 4.39 Å². The number of carbonyl (C=O) groups is 1. The number of nitrogens with two attached hydrogens (primary N) is 1. The van der Waals surface area contributed by atoms with Gasteiger partial charge in [-0.05, 0) is 59.5 Å². The highest BCUT2D eigenvalue weighted by Gasteiger charge is 2.18. The van der Waals surface area contributed by atoms with Crippen LogP contribution in [0.3, 0.4) is 0 Å². The van der Waals surface area contributed by atoms with Crippen LogP contribution in [0.2, 0.25) is 0 Å². The fraction of sp³-hybridized carbons (Fsp3) is 0.278. The van der Waals surface area contributed by atoms with Gasteiger partial charge in [-0.2, -0.15) is 0 Å². The minimum Gasteiger partial charge on any atom is -0.352 e. The molecule has 130 valence electrons. The maximum absolute atomic E-state index is 13.2. The molecule has 1 amide bonds. The third kappa shape index (κ3) is 5.58. The predicted octanol–water partition coefficient (Wildman–Crippen LogP) is 4.07. The van der Waals surface area contributed by atoms with Crippen molar-refractivity contribution in [1.82, 2.24) is 5.32 Å². The van der Waals surface area contributed by atoms with Gasteiger partial charge in [0.05, 0.1) is 4.47 Å². The number of hydrogen-bond acceptors (Lipinski definition) is 2. The summed E-state index contributed by atoms with van der Waals surface area (Å²) in [4.78, 5) is 12.2. The highest BCUT2D eigenvalue weighted by Crippen LogP contribution is 2.18. The van der Waals surface area contributed by atoms with Gasteiger partial charge in [0.1, 0.15) is 11.9 Å².